The SMILES string of the molecule is O=P1(c2ccccc2)C2=CC(=[N+]3CC(F)C3)C=CC2=C(c2ccccc2CCl)c2ccc(N3CC(F)C3)cc21. The van der Waals surface area contributed by atoms with Crippen LogP contribution in [-0.2, 0) is 10.4 Å². The van der Waals surface area contributed by atoms with E-state index in [9.17, 15) is 8.78 Å². The maximum Gasteiger partial charge on any atom is 0.216 e. The molecular weight excluding hydrogens is 533 g/mol. The summed E-state index contributed by atoms with van der Waals surface area (Å²) in [6.45, 7) is 1.33. The Kier molecular flexibility index (Phi) is 5.98. The van der Waals surface area contributed by atoms with Crippen LogP contribution in [0.15, 0.2) is 102 Å². The van der Waals surface area contributed by atoms with Crippen LogP contribution in [0.2, 0.25) is 0 Å². The molecule has 3 aromatic carbocycles. The molecule has 3 nitrogen and oxygen atoms in total. The third-order valence-electron chi connectivity index (χ3n) is 8.13. The molecule has 7 rings (SSSR count). The van der Waals surface area contributed by atoms with E-state index in [0.717, 1.165) is 55.2 Å². The molecule has 3 heterocycles. The number of allylic oxidation sites excluding steroid dienone is 5. The topological polar surface area (TPSA) is 23.3 Å². The Morgan fingerprint density at radius 1 is 0.897 bits per heavy atom. The van der Waals surface area contributed by atoms with Gasteiger partial charge in [0, 0.05) is 39.6 Å². The second-order valence-corrected chi connectivity index (χ2v) is 13.5. The molecule has 2 saturated heterocycles. The van der Waals surface area contributed by atoms with Crippen molar-refractivity contribution in [3.05, 3.63) is 119 Å². The molecule has 1 aliphatic carbocycles. The number of hydrogen-bond acceptors (Lipinski definition) is 2. The van der Waals surface area contributed by atoms with Gasteiger partial charge in [0.05, 0.1) is 13.1 Å². The van der Waals surface area contributed by atoms with Crippen molar-refractivity contribution in [2.45, 2.75) is 18.2 Å². The Morgan fingerprint density at radius 2 is 1.64 bits per heavy atom. The Hall–Kier alpha value is -3.27. The summed E-state index contributed by atoms with van der Waals surface area (Å²) in [7, 11) is -3.36. The second-order valence-electron chi connectivity index (χ2n) is 10.5. The monoisotopic (exact) mass is 559 g/mol. The van der Waals surface area contributed by atoms with Gasteiger partial charge in [0.15, 0.2) is 20.2 Å². The highest BCUT2D eigenvalue weighted by atomic mass is 35.5. The Labute approximate surface area is 231 Å². The molecule has 0 saturated carbocycles. The van der Waals surface area contributed by atoms with Gasteiger partial charge in [-0.15, -0.1) is 11.6 Å². The van der Waals surface area contributed by atoms with Gasteiger partial charge in [-0.2, -0.15) is 0 Å². The van der Waals surface area contributed by atoms with E-state index in [-0.39, 0.29) is 0 Å². The van der Waals surface area contributed by atoms with Crippen LogP contribution in [0, 0.1) is 0 Å². The van der Waals surface area contributed by atoms with E-state index >= 15 is 4.57 Å². The van der Waals surface area contributed by atoms with Crippen molar-refractivity contribution in [2.24, 2.45) is 0 Å². The lowest BCUT2D eigenvalue weighted by Gasteiger charge is -2.39. The summed E-state index contributed by atoms with van der Waals surface area (Å²) in [5.74, 6) is 0.341. The average Bonchev–Trinajstić information content (AvgIpc) is 2.94. The van der Waals surface area contributed by atoms with Crippen molar-refractivity contribution in [1.29, 1.82) is 0 Å². The second kappa shape index (κ2) is 9.43. The van der Waals surface area contributed by atoms with Crippen LogP contribution in [0.3, 0.4) is 0 Å². The summed E-state index contributed by atoms with van der Waals surface area (Å²) in [4.78, 5) is 1.99. The third kappa shape index (κ3) is 3.90. The van der Waals surface area contributed by atoms with Gasteiger partial charge < -0.3 is 9.46 Å². The maximum atomic E-state index is 15.7. The van der Waals surface area contributed by atoms with Crippen LogP contribution in [0.5, 0.6) is 0 Å². The zero-order valence-corrected chi connectivity index (χ0v) is 22.9. The Bertz CT molecular complexity index is 1660. The average molecular weight is 560 g/mol. The minimum absolute atomic E-state index is 0.334. The molecule has 39 heavy (non-hydrogen) atoms. The molecule has 4 aliphatic rings. The largest absolute Gasteiger partial charge is 0.366 e. The van der Waals surface area contributed by atoms with Crippen molar-refractivity contribution >= 4 is 46.3 Å². The van der Waals surface area contributed by atoms with E-state index in [2.05, 4.69) is 6.07 Å². The quantitative estimate of drug-likeness (QED) is 0.223. The highest BCUT2D eigenvalue weighted by molar-refractivity contribution is 7.83. The smallest absolute Gasteiger partial charge is 0.216 e. The first-order valence-electron chi connectivity index (χ1n) is 13.2. The van der Waals surface area contributed by atoms with Gasteiger partial charge in [-0.3, -0.25) is 0 Å². The van der Waals surface area contributed by atoms with Gasteiger partial charge in [-0.05, 0) is 46.0 Å². The zero-order valence-electron chi connectivity index (χ0n) is 21.2. The molecule has 196 valence electrons. The summed E-state index contributed by atoms with van der Waals surface area (Å²) in [5, 5.41) is 2.22. The van der Waals surface area contributed by atoms with Gasteiger partial charge in [-0.25, -0.2) is 13.4 Å². The first kappa shape index (κ1) is 24.7. The summed E-state index contributed by atoms with van der Waals surface area (Å²) < 4.78 is 45.3. The molecule has 0 radical (unpaired) electrons. The molecule has 0 bridgehead atoms. The Morgan fingerprint density at radius 3 is 2.36 bits per heavy atom. The summed E-state index contributed by atoms with van der Waals surface area (Å²) in [5.41, 5.74) is 6.49. The number of fused-ring (bicyclic) bond motifs is 2. The predicted molar refractivity (Wildman–Crippen MR) is 156 cm³/mol. The van der Waals surface area contributed by atoms with Crippen molar-refractivity contribution < 1.29 is 17.9 Å². The van der Waals surface area contributed by atoms with E-state index in [1.807, 2.05) is 94.4 Å². The molecule has 1 atom stereocenters. The molecule has 0 N–H and O–H groups in total. The number of benzene rings is 3. The normalized spacial score (nSPS) is 24.1. The van der Waals surface area contributed by atoms with Crippen LogP contribution in [0.1, 0.15) is 16.7 Å². The molecule has 2 fully saturated rings. The van der Waals surface area contributed by atoms with E-state index < -0.39 is 19.5 Å². The van der Waals surface area contributed by atoms with Crippen LogP contribution < -0.4 is 15.5 Å². The van der Waals surface area contributed by atoms with Crippen LogP contribution >= 0.6 is 18.7 Å². The first-order chi connectivity index (χ1) is 19.0. The molecular formula is C32H27ClF2N2OP+. The fourth-order valence-electron chi connectivity index (χ4n) is 6.01. The van der Waals surface area contributed by atoms with Crippen molar-refractivity contribution in [3.63, 3.8) is 0 Å². The van der Waals surface area contributed by atoms with Gasteiger partial charge in [0.2, 0.25) is 11.9 Å². The molecule has 0 spiro atoms. The summed E-state index contributed by atoms with van der Waals surface area (Å²) >= 11 is 6.42. The molecule has 0 aromatic heterocycles. The standard InChI is InChI=1S/C32H27ClF2N2OP/c33-16-21-6-4-5-9-27(21)32-28-12-10-24(36-17-22(34)18-36)14-30(28)39(38,26-7-2-1-3-8-26)31-15-25(11-13-29(31)32)37-19-23(35)20-37/h1-15,22-23H,16-20H2/q+1. The number of nitrogens with zero attached hydrogens (tertiary/aromatic N) is 2. The lowest BCUT2D eigenvalue weighted by atomic mass is 9.87. The van der Waals surface area contributed by atoms with E-state index in [1.54, 1.807) is 0 Å². The summed E-state index contributed by atoms with van der Waals surface area (Å²) in [6, 6.07) is 23.7. The Balaban J connectivity index is 1.55. The highest BCUT2D eigenvalue weighted by Crippen LogP contribution is 2.62. The van der Waals surface area contributed by atoms with Gasteiger partial charge >= 0.3 is 0 Å². The van der Waals surface area contributed by atoms with Crippen molar-refractivity contribution in [1.82, 2.24) is 0 Å². The van der Waals surface area contributed by atoms with Crippen LogP contribution in [0.25, 0.3) is 5.57 Å². The third-order valence-corrected chi connectivity index (χ3v) is 11.5. The number of anilines is 1. The van der Waals surface area contributed by atoms with E-state index in [4.69, 9.17) is 11.6 Å². The van der Waals surface area contributed by atoms with Gasteiger partial charge in [0.1, 0.15) is 6.17 Å². The minimum Gasteiger partial charge on any atom is -0.366 e. The molecule has 7 heteroatoms. The lowest BCUT2D eigenvalue weighted by Crippen LogP contribution is -2.48. The van der Waals surface area contributed by atoms with Gasteiger partial charge in [0.25, 0.3) is 0 Å². The van der Waals surface area contributed by atoms with Crippen LogP contribution in [0.4, 0.5) is 14.5 Å². The van der Waals surface area contributed by atoms with Crippen LogP contribution in [-0.4, -0.2) is 48.8 Å². The lowest BCUT2D eigenvalue weighted by molar-refractivity contribution is -0.599. The van der Waals surface area contributed by atoms with E-state index in [1.165, 1.54) is 0 Å². The maximum absolute atomic E-state index is 15.7. The number of halogens is 3. The highest BCUT2D eigenvalue weighted by Gasteiger charge is 2.44. The zero-order chi connectivity index (χ0) is 26.7. The predicted octanol–water partition coefficient (Wildman–Crippen LogP) is 5.97. The number of rotatable bonds is 4. The fourth-order valence-corrected chi connectivity index (χ4v) is 9.33. The first-order valence-corrected chi connectivity index (χ1v) is 15.5. The van der Waals surface area contributed by atoms with Crippen molar-refractivity contribution in [2.75, 3.05) is 31.1 Å². The molecule has 0 amide bonds. The van der Waals surface area contributed by atoms with Crippen molar-refractivity contribution in [3.8, 4) is 0 Å². The summed E-state index contributed by atoms with van der Waals surface area (Å²) in [6.07, 6.45) is 4.34. The fraction of sp³-hybridized carbons (Fsp3) is 0.219. The van der Waals surface area contributed by atoms with E-state index in [0.29, 0.717) is 32.1 Å². The minimum atomic E-state index is -3.36. The molecule has 1 unspecified atom stereocenters. The molecule has 3 aliphatic heterocycles. The number of hydrogen-bond donors (Lipinski definition) is 0. The van der Waals surface area contributed by atoms with Gasteiger partial charge in [-0.1, -0.05) is 60.7 Å². The number of alkyl halides is 3. The molecule has 3 aromatic rings.